The Balaban J connectivity index is 2.50. The molecule has 0 aromatic rings. The molecular weight excluding hydrogens is 174 g/mol. The van der Waals surface area contributed by atoms with Crippen LogP contribution in [0.2, 0.25) is 0 Å². The normalized spacial score (nSPS) is 27.3. The first-order valence-electron chi connectivity index (χ1n) is 4.37. The Kier molecular flexibility index (Phi) is 3.12. The number of sulfone groups is 1. The van der Waals surface area contributed by atoms with Gasteiger partial charge in [0.05, 0.1) is 5.75 Å². The first-order chi connectivity index (χ1) is 5.49. The van der Waals surface area contributed by atoms with Crippen molar-refractivity contribution >= 4 is 9.84 Å². The van der Waals surface area contributed by atoms with Gasteiger partial charge < -0.3 is 4.90 Å². The van der Waals surface area contributed by atoms with Crippen LogP contribution < -0.4 is 0 Å². The van der Waals surface area contributed by atoms with E-state index < -0.39 is 9.84 Å². The van der Waals surface area contributed by atoms with E-state index in [-0.39, 0.29) is 6.04 Å². The lowest BCUT2D eigenvalue weighted by atomic mass is 10.1. The van der Waals surface area contributed by atoms with Crippen LogP contribution in [0.3, 0.4) is 0 Å². The number of hydrogen-bond acceptors (Lipinski definition) is 3. The molecule has 1 aliphatic rings. The lowest BCUT2D eigenvalue weighted by Gasteiger charge is -2.31. The van der Waals surface area contributed by atoms with E-state index in [4.69, 9.17) is 0 Å². The van der Waals surface area contributed by atoms with Gasteiger partial charge in [-0.15, -0.1) is 0 Å². The molecule has 1 unspecified atom stereocenters. The van der Waals surface area contributed by atoms with Crippen LogP contribution in [0.1, 0.15) is 19.3 Å². The molecule has 0 radical (unpaired) electrons. The van der Waals surface area contributed by atoms with Crippen LogP contribution >= 0.6 is 0 Å². The monoisotopic (exact) mass is 191 g/mol. The topological polar surface area (TPSA) is 37.4 Å². The molecule has 1 rings (SSSR count). The highest BCUT2D eigenvalue weighted by molar-refractivity contribution is 7.90. The van der Waals surface area contributed by atoms with Gasteiger partial charge in [0.25, 0.3) is 0 Å². The van der Waals surface area contributed by atoms with Gasteiger partial charge in [-0.05, 0) is 26.4 Å². The van der Waals surface area contributed by atoms with Crippen LogP contribution in [-0.4, -0.2) is 45.0 Å². The first-order valence-corrected chi connectivity index (χ1v) is 6.43. The molecule has 0 aromatic heterocycles. The molecule has 0 N–H and O–H groups in total. The van der Waals surface area contributed by atoms with E-state index in [9.17, 15) is 8.42 Å². The Bertz CT molecular complexity index is 235. The van der Waals surface area contributed by atoms with Gasteiger partial charge in [0.2, 0.25) is 0 Å². The minimum absolute atomic E-state index is 0.258. The maximum atomic E-state index is 11.0. The van der Waals surface area contributed by atoms with Gasteiger partial charge in [0.15, 0.2) is 0 Å². The van der Waals surface area contributed by atoms with Gasteiger partial charge in [0, 0.05) is 12.3 Å². The quantitative estimate of drug-likeness (QED) is 0.638. The summed E-state index contributed by atoms with van der Waals surface area (Å²) in [5, 5.41) is 0. The van der Waals surface area contributed by atoms with Crippen LogP contribution in [0.15, 0.2) is 0 Å². The van der Waals surface area contributed by atoms with E-state index in [1.807, 2.05) is 7.05 Å². The van der Waals surface area contributed by atoms with Crippen LogP contribution in [0.4, 0.5) is 0 Å². The van der Waals surface area contributed by atoms with Crippen molar-refractivity contribution in [1.82, 2.24) is 4.90 Å². The number of likely N-dealkylation sites (tertiary alicyclic amines) is 1. The predicted octanol–water partition coefficient (Wildman–Crippen LogP) is 0.515. The number of rotatable bonds is 2. The fraction of sp³-hybridized carbons (Fsp3) is 1.00. The largest absolute Gasteiger partial charge is 0.302 e. The fourth-order valence-corrected chi connectivity index (χ4v) is 2.82. The van der Waals surface area contributed by atoms with E-state index in [1.54, 1.807) is 0 Å². The van der Waals surface area contributed by atoms with E-state index in [2.05, 4.69) is 4.90 Å². The number of hydrogen-bond donors (Lipinski definition) is 0. The summed E-state index contributed by atoms with van der Waals surface area (Å²) >= 11 is 0. The third-order valence-corrected chi connectivity index (χ3v) is 3.41. The highest BCUT2D eigenvalue weighted by atomic mass is 32.2. The van der Waals surface area contributed by atoms with E-state index in [0.717, 1.165) is 13.0 Å². The van der Waals surface area contributed by atoms with Crippen molar-refractivity contribution in [3.8, 4) is 0 Å². The van der Waals surface area contributed by atoms with Gasteiger partial charge in [-0.3, -0.25) is 0 Å². The van der Waals surface area contributed by atoms with Crippen molar-refractivity contribution in [3.05, 3.63) is 0 Å². The smallest absolute Gasteiger partial charge is 0.148 e. The Morgan fingerprint density at radius 2 is 2.08 bits per heavy atom. The molecule has 1 atom stereocenters. The zero-order valence-corrected chi connectivity index (χ0v) is 8.60. The van der Waals surface area contributed by atoms with Gasteiger partial charge in [-0.2, -0.15) is 0 Å². The minimum Gasteiger partial charge on any atom is -0.302 e. The summed E-state index contributed by atoms with van der Waals surface area (Å²) in [4.78, 5) is 2.16. The standard InChI is InChI=1S/C8H17NO2S/c1-9-6-4-3-5-8(9)7-12(2,10)11/h8H,3-7H2,1-2H3. The summed E-state index contributed by atoms with van der Waals surface area (Å²) in [6.45, 7) is 1.04. The first kappa shape index (κ1) is 9.99. The third-order valence-electron chi connectivity index (χ3n) is 2.42. The number of nitrogens with zero attached hydrogens (tertiary/aromatic N) is 1. The Morgan fingerprint density at radius 3 is 2.58 bits per heavy atom. The molecule has 1 aliphatic heterocycles. The second-order valence-electron chi connectivity index (χ2n) is 3.72. The van der Waals surface area contributed by atoms with Crippen molar-refractivity contribution in [2.45, 2.75) is 25.3 Å². The molecule has 0 bridgehead atoms. The highest BCUT2D eigenvalue weighted by Gasteiger charge is 2.22. The SMILES string of the molecule is CN1CCCCC1CS(C)(=O)=O. The molecule has 0 spiro atoms. The molecular formula is C8H17NO2S. The van der Waals surface area contributed by atoms with E-state index in [0.29, 0.717) is 5.75 Å². The summed E-state index contributed by atoms with van der Waals surface area (Å²) < 4.78 is 22.0. The molecule has 3 nitrogen and oxygen atoms in total. The van der Waals surface area contributed by atoms with Crippen molar-refractivity contribution in [2.24, 2.45) is 0 Å². The van der Waals surface area contributed by atoms with Crippen molar-refractivity contribution < 1.29 is 8.42 Å². The van der Waals surface area contributed by atoms with Crippen LogP contribution in [0, 0.1) is 0 Å². The minimum atomic E-state index is -2.80. The Hall–Kier alpha value is -0.0900. The lowest BCUT2D eigenvalue weighted by molar-refractivity contribution is 0.202. The van der Waals surface area contributed by atoms with Crippen LogP contribution in [0.5, 0.6) is 0 Å². The summed E-state index contributed by atoms with van der Waals surface area (Å²) in [6.07, 6.45) is 4.72. The maximum absolute atomic E-state index is 11.0. The molecule has 0 aliphatic carbocycles. The summed E-state index contributed by atoms with van der Waals surface area (Å²) in [6, 6.07) is 0.258. The Morgan fingerprint density at radius 1 is 1.42 bits per heavy atom. The van der Waals surface area contributed by atoms with Crippen molar-refractivity contribution in [3.63, 3.8) is 0 Å². The fourth-order valence-electron chi connectivity index (χ4n) is 1.70. The predicted molar refractivity (Wildman–Crippen MR) is 50.0 cm³/mol. The molecule has 1 saturated heterocycles. The zero-order valence-electron chi connectivity index (χ0n) is 7.78. The van der Waals surface area contributed by atoms with Crippen LogP contribution in [0.25, 0.3) is 0 Å². The summed E-state index contributed by atoms with van der Waals surface area (Å²) in [7, 11) is -0.789. The summed E-state index contributed by atoms with van der Waals surface area (Å²) in [5.74, 6) is 0.323. The van der Waals surface area contributed by atoms with Gasteiger partial charge in [-0.25, -0.2) is 8.42 Å². The van der Waals surface area contributed by atoms with E-state index >= 15 is 0 Å². The molecule has 0 aromatic carbocycles. The molecule has 1 heterocycles. The third kappa shape index (κ3) is 3.11. The number of piperidine rings is 1. The van der Waals surface area contributed by atoms with Gasteiger partial charge in [0.1, 0.15) is 9.84 Å². The van der Waals surface area contributed by atoms with Gasteiger partial charge >= 0.3 is 0 Å². The van der Waals surface area contributed by atoms with E-state index in [1.165, 1.54) is 19.1 Å². The van der Waals surface area contributed by atoms with Crippen molar-refractivity contribution in [2.75, 3.05) is 25.6 Å². The molecule has 1 fully saturated rings. The molecule has 0 amide bonds. The second-order valence-corrected chi connectivity index (χ2v) is 5.91. The van der Waals surface area contributed by atoms with Gasteiger partial charge in [-0.1, -0.05) is 6.42 Å². The Labute approximate surface area is 74.7 Å². The summed E-state index contributed by atoms with van der Waals surface area (Å²) in [5.41, 5.74) is 0. The maximum Gasteiger partial charge on any atom is 0.148 e. The average molecular weight is 191 g/mol. The lowest BCUT2D eigenvalue weighted by Crippen LogP contribution is -2.40. The second kappa shape index (κ2) is 3.75. The van der Waals surface area contributed by atoms with Crippen molar-refractivity contribution in [1.29, 1.82) is 0 Å². The van der Waals surface area contributed by atoms with Crippen LogP contribution in [-0.2, 0) is 9.84 Å². The average Bonchev–Trinajstić information content (AvgIpc) is 1.91. The zero-order chi connectivity index (χ0) is 9.19. The molecule has 72 valence electrons. The highest BCUT2D eigenvalue weighted by Crippen LogP contribution is 2.15. The molecule has 0 saturated carbocycles. The molecule has 4 heteroatoms. The molecule has 12 heavy (non-hydrogen) atoms.